The molecule has 0 radical (unpaired) electrons. The van der Waals surface area contributed by atoms with Gasteiger partial charge in [0, 0.05) is 11.1 Å². The molecule has 0 atom stereocenters. The van der Waals surface area contributed by atoms with E-state index in [1.807, 2.05) is 29.6 Å². The number of amides is 1. The van der Waals surface area contributed by atoms with E-state index in [1.54, 1.807) is 0 Å². The van der Waals surface area contributed by atoms with Gasteiger partial charge in [-0.05, 0) is 24.1 Å². The molecule has 2 rings (SSSR count). The average molecular weight is 309 g/mol. The second kappa shape index (κ2) is 7.41. The molecule has 0 spiro atoms. The maximum absolute atomic E-state index is 11.9. The minimum Gasteiger partial charge on any atom is -0.326 e. The molecule has 0 aliphatic heterocycles. The number of carbonyl (C=O) groups excluding carboxylic acids is 1. The van der Waals surface area contributed by atoms with Gasteiger partial charge in [0.15, 0.2) is 0 Å². The quantitative estimate of drug-likeness (QED) is 0.819. The van der Waals surface area contributed by atoms with E-state index in [0.29, 0.717) is 5.88 Å². The summed E-state index contributed by atoms with van der Waals surface area (Å²) in [6.07, 6.45) is 2.48. The van der Waals surface area contributed by atoms with E-state index in [0.717, 1.165) is 29.2 Å². The predicted octanol–water partition coefficient (Wildman–Crippen LogP) is 4.02. The van der Waals surface area contributed by atoms with Crippen LogP contribution in [0.1, 0.15) is 29.6 Å². The summed E-state index contributed by atoms with van der Waals surface area (Å²) in [7, 11) is 0. The molecule has 3 nitrogen and oxygen atoms in total. The third-order valence-electron chi connectivity index (χ3n) is 2.82. The number of alkyl halides is 1. The highest BCUT2D eigenvalue weighted by Gasteiger charge is 2.08. The first kappa shape index (κ1) is 15.0. The van der Waals surface area contributed by atoms with E-state index in [-0.39, 0.29) is 12.3 Å². The SMILES string of the molecule is CCCc1ccc(NC(=O)Cc2nc(CCl)cs2)cc1. The van der Waals surface area contributed by atoms with Crippen molar-refractivity contribution in [2.24, 2.45) is 0 Å². The molecule has 1 heterocycles. The molecule has 5 heteroatoms. The normalized spacial score (nSPS) is 10.5. The zero-order valence-corrected chi connectivity index (χ0v) is 12.9. The van der Waals surface area contributed by atoms with Gasteiger partial charge in [0.05, 0.1) is 18.0 Å². The summed E-state index contributed by atoms with van der Waals surface area (Å²) in [6.45, 7) is 2.15. The van der Waals surface area contributed by atoms with Crippen LogP contribution in [-0.2, 0) is 23.5 Å². The Balaban J connectivity index is 1.90. The average Bonchev–Trinajstić information content (AvgIpc) is 2.89. The van der Waals surface area contributed by atoms with Gasteiger partial charge in [-0.25, -0.2) is 4.98 Å². The Labute approximate surface area is 128 Å². The minimum atomic E-state index is -0.0521. The van der Waals surface area contributed by atoms with E-state index < -0.39 is 0 Å². The van der Waals surface area contributed by atoms with Crippen LogP contribution < -0.4 is 5.32 Å². The molecule has 0 unspecified atom stereocenters. The third kappa shape index (κ3) is 4.32. The van der Waals surface area contributed by atoms with Gasteiger partial charge in [0.25, 0.3) is 0 Å². The van der Waals surface area contributed by atoms with E-state index in [2.05, 4.69) is 17.2 Å². The molecule has 1 amide bonds. The second-order valence-electron chi connectivity index (χ2n) is 4.54. The molecule has 0 fully saturated rings. The van der Waals surface area contributed by atoms with Gasteiger partial charge in [-0.2, -0.15) is 0 Å². The molecule has 1 N–H and O–H groups in total. The molecule has 2 aromatic rings. The molecule has 0 bridgehead atoms. The maximum Gasteiger partial charge on any atom is 0.231 e. The van der Waals surface area contributed by atoms with E-state index >= 15 is 0 Å². The highest BCUT2D eigenvalue weighted by atomic mass is 35.5. The first-order valence-corrected chi connectivity index (χ1v) is 8.00. The Bertz CT molecular complexity index is 566. The number of rotatable bonds is 6. The zero-order chi connectivity index (χ0) is 14.4. The number of benzene rings is 1. The lowest BCUT2D eigenvalue weighted by atomic mass is 10.1. The van der Waals surface area contributed by atoms with Gasteiger partial charge < -0.3 is 5.32 Å². The lowest BCUT2D eigenvalue weighted by Gasteiger charge is -2.05. The van der Waals surface area contributed by atoms with Crippen molar-refractivity contribution in [2.75, 3.05) is 5.32 Å². The lowest BCUT2D eigenvalue weighted by molar-refractivity contribution is -0.115. The summed E-state index contributed by atoms with van der Waals surface area (Å²) in [6, 6.07) is 7.98. The number of aryl methyl sites for hydroxylation is 1. The van der Waals surface area contributed by atoms with Crippen molar-refractivity contribution in [3.8, 4) is 0 Å². The molecular weight excluding hydrogens is 292 g/mol. The Hall–Kier alpha value is -1.39. The summed E-state index contributed by atoms with van der Waals surface area (Å²) in [5.74, 6) is 0.334. The van der Waals surface area contributed by atoms with Crippen LogP contribution in [0.3, 0.4) is 0 Å². The number of anilines is 1. The van der Waals surface area contributed by atoms with Gasteiger partial charge in [-0.1, -0.05) is 25.5 Å². The maximum atomic E-state index is 11.9. The Kier molecular flexibility index (Phi) is 5.56. The standard InChI is InChI=1S/C15H17ClN2OS/c1-2-3-11-4-6-12(7-5-11)17-14(19)8-15-18-13(9-16)10-20-15/h4-7,10H,2-3,8-9H2,1H3,(H,17,19). The predicted molar refractivity (Wildman–Crippen MR) is 84.4 cm³/mol. The number of carbonyl (C=O) groups is 1. The molecular formula is C15H17ClN2OS. The highest BCUT2D eigenvalue weighted by Crippen LogP contribution is 2.14. The van der Waals surface area contributed by atoms with Crippen LogP contribution in [0.5, 0.6) is 0 Å². The van der Waals surface area contributed by atoms with Crippen molar-refractivity contribution in [1.29, 1.82) is 0 Å². The van der Waals surface area contributed by atoms with Gasteiger partial charge in [0.2, 0.25) is 5.91 Å². The van der Waals surface area contributed by atoms with Crippen LogP contribution >= 0.6 is 22.9 Å². The zero-order valence-electron chi connectivity index (χ0n) is 11.4. The number of nitrogens with one attached hydrogen (secondary N) is 1. The monoisotopic (exact) mass is 308 g/mol. The van der Waals surface area contributed by atoms with Crippen molar-refractivity contribution < 1.29 is 4.79 Å². The van der Waals surface area contributed by atoms with Gasteiger partial charge in [-0.3, -0.25) is 4.79 Å². The van der Waals surface area contributed by atoms with Crippen molar-refractivity contribution in [3.63, 3.8) is 0 Å². The lowest BCUT2D eigenvalue weighted by Crippen LogP contribution is -2.14. The van der Waals surface area contributed by atoms with E-state index in [1.165, 1.54) is 16.9 Å². The smallest absolute Gasteiger partial charge is 0.231 e. The highest BCUT2D eigenvalue weighted by molar-refractivity contribution is 7.09. The Morgan fingerprint density at radius 1 is 1.35 bits per heavy atom. The molecule has 0 aliphatic carbocycles. The first-order chi connectivity index (χ1) is 9.71. The summed E-state index contributed by atoms with van der Waals surface area (Å²) in [4.78, 5) is 16.2. The van der Waals surface area contributed by atoms with Crippen LogP contribution in [0.2, 0.25) is 0 Å². The van der Waals surface area contributed by atoms with E-state index in [9.17, 15) is 4.79 Å². The minimum absolute atomic E-state index is 0.0521. The van der Waals surface area contributed by atoms with Crippen molar-refractivity contribution in [1.82, 2.24) is 4.98 Å². The summed E-state index contributed by atoms with van der Waals surface area (Å²) < 4.78 is 0. The topological polar surface area (TPSA) is 42.0 Å². The molecule has 0 aliphatic rings. The Morgan fingerprint density at radius 3 is 2.70 bits per heavy atom. The fraction of sp³-hybridized carbons (Fsp3) is 0.333. The number of hydrogen-bond acceptors (Lipinski definition) is 3. The number of thiazole rings is 1. The van der Waals surface area contributed by atoms with Crippen LogP contribution in [0, 0.1) is 0 Å². The van der Waals surface area contributed by atoms with Gasteiger partial charge in [0.1, 0.15) is 5.01 Å². The van der Waals surface area contributed by atoms with Crippen molar-refractivity contribution in [2.45, 2.75) is 32.1 Å². The number of aromatic nitrogens is 1. The molecule has 0 saturated carbocycles. The molecule has 20 heavy (non-hydrogen) atoms. The molecule has 1 aromatic heterocycles. The van der Waals surface area contributed by atoms with Crippen LogP contribution in [0.15, 0.2) is 29.6 Å². The van der Waals surface area contributed by atoms with E-state index in [4.69, 9.17) is 11.6 Å². The van der Waals surface area contributed by atoms with Crippen LogP contribution in [0.25, 0.3) is 0 Å². The third-order valence-corrected chi connectivity index (χ3v) is 4.00. The summed E-state index contributed by atoms with van der Waals surface area (Å²) >= 11 is 7.16. The van der Waals surface area contributed by atoms with Crippen molar-refractivity contribution in [3.05, 3.63) is 45.9 Å². The second-order valence-corrected chi connectivity index (χ2v) is 5.75. The fourth-order valence-electron chi connectivity index (χ4n) is 1.88. The Morgan fingerprint density at radius 2 is 2.10 bits per heavy atom. The van der Waals surface area contributed by atoms with Gasteiger partial charge in [-0.15, -0.1) is 22.9 Å². The van der Waals surface area contributed by atoms with Crippen LogP contribution in [0.4, 0.5) is 5.69 Å². The molecule has 106 valence electrons. The molecule has 0 saturated heterocycles. The first-order valence-electron chi connectivity index (χ1n) is 6.59. The number of nitrogens with zero attached hydrogens (tertiary/aromatic N) is 1. The van der Waals surface area contributed by atoms with Gasteiger partial charge >= 0.3 is 0 Å². The number of halogens is 1. The van der Waals surface area contributed by atoms with Crippen LogP contribution in [-0.4, -0.2) is 10.9 Å². The number of hydrogen-bond donors (Lipinski definition) is 1. The fourth-order valence-corrected chi connectivity index (χ4v) is 2.90. The largest absolute Gasteiger partial charge is 0.326 e. The summed E-state index contributed by atoms with van der Waals surface area (Å²) in [5, 5.41) is 5.56. The van der Waals surface area contributed by atoms with Crippen molar-refractivity contribution >= 4 is 34.5 Å². The summed E-state index contributed by atoms with van der Waals surface area (Å²) in [5.41, 5.74) is 2.93. The molecule has 1 aromatic carbocycles.